The number of oxazole rings is 1. The summed E-state index contributed by atoms with van der Waals surface area (Å²) in [7, 11) is 0. The molecule has 2 saturated heterocycles. The average molecular weight is 306 g/mol. The van der Waals surface area contributed by atoms with Crippen LogP contribution in [-0.2, 0) is 11.3 Å². The molecule has 0 unspecified atom stereocenters. The Labute approximate surface area is 129 Å². The van der Waals surface area contributed by atoms with E-state index in [1.54, 1.807) is 0 Å². The molecule has 3 rings (SSSR count). The predicted molar refractivity (Wildman–Crippen MR) is 79.1 cm³/mol. The zero-order valence-electron chi connectivity index (χ0n) is 13.5. The maximum absolute atomic E-state index is 12.6. The van der Waals surface area contributed by atoms with Gasteiger partial charge in [-0.1, -0.05) is 0 Å². The van der Waals surface area contributed by atoms with E-state index in [1.165, 1.54) is 4.90 Å². The highest BCUT2D eigenvalue weighted by atomic mass is 16.4. The second-order valence-electron chi connectivity index (χ2n) is 6.49. The molecule has 120 valence electrons. The number of hydrogen-bond acceptors (Lipinski definition) is 5. The molecule has 1 N–H and O–H groups in total. The first-order chi connectivity index (χ1) is 10.3. The summed E-state index contributed by atoms with van der Waals surface area (Å²) in [6.45, 7) is 9.29. The third-order valence-corrected chi connectivity index (χ3v) is 4.49. The van der Waals surface area contributed by atoms with E-state index in [4.69, 9.17) is 4.42 Å². The Morgan fingerprint density at radius 3 is 2.64 bits per heavy atom. The van der Waals surface area contributed by atoms with Gasteiger partial charge in [-0.3, -0.25) is 14.6 Å². The van der Waals surface area contributed by atoms with E-state index in [-0.39, 0.29) is 18.0 Å². The van der Waals surface area contributed by atoms with Crippen molar-refractivity contribution >= 4 is 11.9 Å². The van der Waals surface area contributed by atoms with Gasteiger partial charge in [0, 0.05) is 19.1 Å². The molecular formula is C15H22N4O3. The first-order valence-electron chi connectivity index (χ1n) is 7.63. The molecule has 1 spiro atoms. The SMILES string of the molecule is Cc1nc(CN2CC[C@]3(C2)NC(=O)N(C(C)C)C3=O)oc1C. The number of urea groups is 1. The quantitative estimate of drug-likeness (QED) is 0.849. The van der Waals surface area contributed by atoms with E-state index in [0.717, 1.165) is 18.0 Å². The number of nitrogens with zero attached hydrogens (tertiary/aromatic N) is 3. The number of imide groups is 1. The highest BCUT2D eigenvalue weighted by Crippen LogP contribution is 2.30. The van der Waals surface area contributed by atoms with Crippen molar-refractivity contribution in [3.8, 4) is 0 Å². The van der Waals surface area contributed by atoms with Crippen LogP contribution in [0.4, 0.5) is 4.79 Å². The van der Waals surface area contributed by atoms with E-state index in [9.17, 15) is 9.59 Å². The molecule has 0 aliphatic carbocycles. The summed E-state index contributed by atoms with van der Waals surface area (Å²) in [5, 5.41) is 2.89. The zero-order valence-corrected chi connectivity index (χ0v) is 13.5. The summed E-state index contributed by atoms with van der Waals surface area (Å²) in [6, 6.07) is -0.414. The van der Waals surface area contributed by atoms with Crippen molar-refractivity contribution in [3.63, 3.8) is 0 Å². The molecule has 1 aromatic heterocycles. The van der Waals surface area contributed by atoms with Crippen LogP contribution in [0.5, 0.6) is 0 Å². The fourth-order valence-corrected chi connectivity index (χ4v) is 3.21. The Balaban J connectivity index is 1.72. The van der Waals surface area contributed by atoms with Gasteiger partial charge < -0.3 is 9.73 Å². The van der Waals surface area contributed by atoms with Crippen LogP contribution in [0.25, 0.3) is 0 Å². The van der Waals surface area contributed by atoms with Gasteiger partial charge in [-0.25, -0.2) is 9.78 Å². The number of rotatable bonds is 3. The molecule has 3 heterocycles. The van der Waals surface area contributed by atoms with Crippen LogP contribution in [0.3, 0.4) is 0 Å². The van der Waals surface area contributed by atoms with Gasteiger partial charge in [0.05, 0.1) is 12.2 Å². The van der Waals surface area contributed by atoms with Gasteiger partial charge >= 0.3 is 6.03 Å². The third-order valence-electron chi connectivity index (χ3n) is 4.49. The van der Waals surface area contributed by atoms with Crippen LogP contribution in [0.15, 0.2) is 4.42 Å². The summed E-state index contributed by atoms with van der Waals surface area (Å²) < 4.78 is 5.60. The van der Waals surface area contributed by atoms with Crippen LogP contribution < -0.4 is 5.32 Å². The lowest BCUT2D eigenvalue weighted by molar-refractivity contribution is -0.132. The molecule has 3 amide bonds. The van der Waals surface area contributed by atoms with Crippen molar-refractivity contribution in [1.29, 1.82) is 0 Å². The maximum atomic E-state index is 12.6. The summed E-state index contributed by atoms with van der Waals surface area (Å²) in [4.78, 5) is 32.5. The number of amides is 3. The number of hydrogen-bond donors (Lipinski definition) is 1. The summed E-state index contributed by atoms with van der Waals surface area (Å²) in [5.41, 5.74) is 0.109. The standard InChI is InChI=1S/C15H22N4O3/c1-9(2)19-13(20)15(17-14(19)21)5-6-18(8-15)7-12-16-10(3)11(4)22-12/h9H,5-8H2,1-4H3,(H,17,21)/t15-/m1/s1. The maximum Gasteiger partial charge on any atom is 0.325 e. The van der Waals surface area contributed by atoms with Crippen LogP contribution in [0.2, 0.25) is 0 Å². The molecule has 1 atom stereocenters. The monoisotopic (exact) mass is 306 g/mol. The molecule has 2 aliphatic heterocycles. The predicted octanol–water partition coefficient (Wildman–Crippen LogP) is 1.20. The second kappa shape index (κ2) is 5.08. The van der Waals surface area contributed by atoms with Crippen molar-refractivity contribution < 1.29 is 14.0 Å². The minimum atomic E-state index is -0.780. The van der Waals surface area contributed by atoms with Gasteiger partial charge in [0.25, 0.3) is 5.91 Å². The zero-order chi connectivity index (χ0) is 16.1. The third kappa shape index (κ3) is 2.29. The summed E-state index contributed by atoms with van der Waals surface area (Å²) >= 11 is 0. The minimum Gasteiger partial charge on any atom is -0.444 e. The molecule has 7 nitrogen and oxygen atoms in total. The molecular weight excluding hydrogens is 284 g/mol. The van der Waals surface area contributed by atoms with Gasteiger partial charge in [-0.2, -0.15) is 0 Å². The lowest BCUT2D eigenvalue weighted by Crippen LogP contribution is -2.49. The molecule has 2 fully saturated rings. The van der Waals surface area contributed by atoms with E-state index in [2.05, 4.69) is 15.2 Å². The number of nitrogens with one attached hydrogen (secondary N) is 1. The van der Waals surface area contributed by atoms with Crippen molar-refractivity contribution in [2.45, 2.75) is 52.2 Å². The van der Waals surface area contributed by atoms with Crippen molar-refractivity contribution in [2.75, 3.05) is 13.1 Å². The van der Waals surface area contributed by atoms with Crippen LogP contribution in [-0.4, -0.2) is 51.4 Å². The Kier molecular flexibility index (Phi) is 3.47. The lowest BCUT2D eigenvalue weighted by Gasteiger charge is -2.22. The van der Waals surface area contributed by atoms with Crippen molar-refractivity contribution in [1.82, 2.24) is 20.1 Å². The fraction of sp³-hybridized carbons (Fsp3) is 0.667. The second-order valence-corrected chi connectivity index (χ2v) is 6.49. The van der Waals surface area contributed by atoms with Crippen molar-refractivity contribution in [3.05, 3.63) is 17.3 Å². The lowest BCUT2D eigenvalue weighted by atomic mass is 9.99. The van der Waals surface area contributed by atoms with E-state index < -0.39 is 5.54 Å². The van der Waals surface area contributed by atoms with Crippen molar-refractivity contribution in [2.24, 2.45) is 0 Å². The smallest absolute Gasteiger partial charge is 0.325 e. The number of aromatic nitrogens is 1. The average Bonchev–Trinajstić information content (AvgIpc) is 3.01. The highest BCUT2D eigenvalue weighted by Gasteiger charge is 2.55. The molecule has 0 aromatic carbocycles. The normalized spacial score (nSPS) is 25.8. The van der Waals surface area contributed by atoms with Crippen LogP contribution in [0, 0.1) is 13.8 Å². The Bertz CT molecular complexity index is 605. The highest BCUT2D eigenvalue weighted by molar-refractivity contribution is 6.07. The van der Waals surface area contributed by atoms with Gasteiger partial charge in [-0.05, 0) is 34.1 Å². The number of carbonyl (C=O) groups excluding carboxylic acids is 2. The molecule has 0 saturated carbocycles. The Morgan fingerprint density at radius 2 is 2.09 bits per heavy atom. The molecule has 22 heavy (non-hydrogen) atoms. The summed E-state index contributed by atoms with van der Waals surface area (Å²) in [6.07, 6.45) is 0.624. The van der Waals surface area contributed by atoms with Gasteiger partial charge in [-0.15, -0.1) is 0 Å². The largest absolute Gasteiger partial charge is 0.444 e. The number of aryl methyl sites for hydroxylation is 2. The number of carbonyl (C=O) groups is 2. The Morgan fingerprint density at radius 1 is 1.36 bits per heavy atom. The van der Waals surface area contributed by atoms with E-state index >= 15 is 0 Å². The molecule has 2 aliphatic rings. The first-order valence-corrected chi connectivity index (χ1v) is 7.63. The molecule has 1 aromatic rings. The van der Waals surface area contributed by atoms with Gasteiger partial charge in [0.15, 0.2) is 0 Å². The first kappa shape index (κ1) is 15.0. The van der Waals surface area contributed by atoms with Crippen LogP contribution in [0.1, 0.15) is 37.6 Å². The van der Waals surface area contributed by atoms with Crippen LogP contribution >= 0.6 is 0 Å². The molecule has 7 heteroatoms. The molecule has 0 bridgehead atoms. The topological polar surface area (TPSA) is 78.7 Å². The summed E-state index contributed by atoms with van der Waals surface area (Å²) in [5.74, 6) is 1.36. The van der Waals surface area contributed by atoms with Gasteiger partial charge in [0.1, 0.15) is 11.3 Å². The molecule has 0 radical (unpaired) electrons. The van der Waals surface area contributed by atoms with E-state index in [1.807, 2.05) is 27.7 Å². The van der Waals surface area contributed by atoms with Gasteiger partial charge in [0.2, 0.25) is 5.89 Å². The fourth-order valence-electron chi connectivity index (χ4n) is 3.21. The minimum absolute atomic E-state index is 0.116. The van der Waals surface area contributed by atoms with E-state index in [0.29, 0.717) is 25.4 Å². The Hall–Kier alpha value is -1.89. The number of likely N-dealkylation sites (tertiary alicyclic amines) is 1.